The van der Waals surface area contributed by atoms with Gasteiger partial charge in [0.15, 0.2) is 0 Å². The summed E-state index contributed by atoms with van der Waals surface area (Å²) in [7, 11) is -4.42. The van der Waals surface area contributed by atoms with Crippen LogP contribution < -0.4 is 22.0 Å². The third-order valence-corrected chi connectivity index (χ3v) is 6.75. The maximum Gasteiger partial charge on any atom is 0.336 e. The van der Waals surface area contributed by atoms with Crippen molar-refractivity contribution in [2.75, 3.05) is 17.3 Å². The molecule has 0 saturated heterocycles. The molecule has 2 atom stereocenters. The van der Waals surface area contributed by atoms with Crippen LogP contribution in [0.1, 0.15) is 17.5 Å². The van der Waals surface area contributed by atoms with E-state index in [0.717, 1.165) is 11.6 Å². The molecule has 192 valence electrons. The number of hydrogen-bond donors (Lipinski definition) is 5. The second-order valence-corrected chi connectivity index (χ2v) is 10.9. The van der Waals surface area contributed by atoms with Crippen molar-refractivity contribution in [1.29, 1.82) is 0 Å². The molecule has 0 aliphatic rings. The average molecular weight is 534 g/mol. The molecular formula is C24H28N3O7PS. The van der Waals surface area contributed by atoms with Crippen LogP contribution >= 0.6 is 19.4 Å². The number of anilines is 1. The number of rotatable bonds is 11. The Hall–Kier alpha value is -2.95. The van der Waals surface area contributed by atoms with Gasteiger partial charge in [0.25, 0.3) is 0 Å². The highest BCUT2D eigenvalue weighted by Gasteiger charge is 2.24. The molecule has 0 spiro atoms. The Morgan fingerprint density at radius 3 is 2.50 bits per heavy atom. The first-order valence-corrected chi connectivity index (χ1v) is 14.3. The number of amides is 2. The van der Waals surface area contributed by atoms with Crippen molar-refractivity contribution in [3.05, 3.63) is 76.1 Å². The van der Waals surface area contributed by atoms with Crippen molar-refractivity contribution in [2.24, 2.45) is 5.73 Å². The Labute approximate surface area is 211 Å². The smallest absolute Gasteiger partial charge is 0.336 e. The molecule has 0 unspecified atom stereocenters. The summed E-state index contributed by atoms with van der Waals surface area (Å²) in [6, 6.07) is 13.1. The number of hydrogen-bond acceptors (Lipinski definition) is 7. The van der Waals surface area contributed by atoms with Crippen LogP contribution in [0, 0.1) is 0 Å². The first-order valence-electron chi connectivity index (χ1n) is 11.1. The highest BCUT2D eigenvalue weighted by Crippen LogP contribution is 2.40. The van der Waals surface area contributed by atoms with E-state index in [4.69, 9.17) is 10.2 Å². The zero-order chi connectivity index (χ0) is 26.3. The molecule has 12 heteroatoms. The fourth-order valence-corrected chi connectivity index (χ4v) is 4.81. The second-order valence-electron chi connectivity index (χ2n) is 8.25. The van der Waals surface area contributed by atoms with Gasteiger partial charge in [-0.25, -0.2) is 4.79 Å². The minimum absolute atomic E-state index is 0.0679. The van der Waals surface area contributed by atoms with Gasteiger partial charge in [-0.2, -0.15) is 11.8 Å². The van der Waals surface area contributed by atoms with E-state index in [-0.39, 0.29) is 11.1 Å². The lowest BCUT2D eigenvalue weighted by atomic mass is 10.1. The molecule has 10 nitrogen and oxygen atoms in total. The predicted octanol–water partition coefficient (Wildman–Crippen LogP) is 2.22. The van der Waals surface area contributed by atoms with Crippen LogP contribution in [0.3, 0.4) is 0 Å². The zero-order valence-corrected chi connectivity index (χ0v) is 21.3. The van der Waals surface area contributed by atoms with Gasteiger partial charge in [-0.1, -0.05) is 30.3 Å². The molecule has 1 heterocycles. The lowest BCUT2D eigenvalue weighted by Gasteiger charge is -2.21. The molecular weight excluding hydrogens is 505 g/mol. The van der Waals surface area contributed by atoms with Crippen molar-refractivity contribution in [1.82, 2.24) is 5.32 Å². The minimum Gasteiger partial charge on any atom is -0.423 e. The number of nitrogens with two attached hydrogens (primary N) is 1. The van der Waals surface area contributed by atoms with Crippen molar-refractivity contribution < 1.29 is 28.4 Å². The van der Waals surface area contributed by atoms with Crippen LogP contribution in [0.4, 0.5) is 5.69 Å². The first kappa shape index (κ1) is 27.6. The van der Waals surface area contributed by atoms with Crippen molar-refractivity contribution in [3.8, 4) is 0 Å². The van der Waals surface area contributed by atoms with E-state index >= 15 is 0 Å². The molecule has 3 rings (SSSR count). The number of thioether (sulfide) groups is 1. The van der Waals surface area contributed by atoms with E-state index < -0.39 is 43.3 Å². The number of carbonyl (C=O) groups is 2. The van der Waals surface area contributed by atoms with Gasteiger partial charge >= 0.3 is 13.2 Å². The Morgan fingerprint density at radius 1 is 1.11 bits per heavy atom. The van der Waals surface area contributed by atoms with Gasteiger partial charge in [0.05, 0.1) is 12.2 Å². The average Bonchev–Trinajstić information content (AvgIpc) is 2.80. The van der Waals surface area contributed by atoms with E-state index in [0.29, 0.717) is 29.7 Å². The van der Waals surface area contributed by atoms with E-state index in [1.807, 2.05) is 36.6 Å². The Morgan fingerprint density at radius 2 is 1.83 bits per heavy atom. The Kier molecular flexibility index (Phi) is 9.47. The van der Waals surface area contributed by atoms with Gasteiger partial charge in [-0.3, -0.25) is 14.2 Å². The normalized spacial score (nSPS) is 13.2. The Bertz CT molecular complexity index is 1330. The monoisotopic (exact) mass is 533 g/mol. The van der Waals surface area contributed by atoms with Gasteiger partial charge in [0.1, 0.15) is 11.6 Å². The van der Waals surface area contributed by atoms with Gasteiger partial charge in [0.2, 0.25) is 11.8 Å². The van der Waals surface area contributed by atoms with Crippen LogP contribution in [0.5, 0.6) is 0 Å². The number of carbonyl (C=O) groups excluding carboxylic acids is 2. The summed E-state index contributed by atoms with van der Waals surface area (Å²) in [5.41, 5.74) is 6.70. The largest absolute Gasteiger partial charge is 0.423 e. The van der Waals surface area contributed by atoms with Crippen molar-refractivity contribution in [3.63, 3.8) is 0 Å². The second kappa shape index (κ2) is 12.3. The van der Waals surface area contributed by atoms with Crippen molar-refractivity contribution in [2.45, 2.75) is 31.1 Å². The molecule has 1 aromatic heterocycles. The summed E-state index contributed by atoms with van der Waals surface area (Å²) in [5, 5.41) is 5.77. The molecule has 3 aromatic rings. The van der Waals surface area contributed by atoms with E-state index in [1.165, 1.54) is 30.0 Å². The fraction of sp³-hybridized carbons (Fsp3) is 0.292. The van der Waals surface area contributed by atoms with Crippen LogP contribution in [0.15, 0.2) is 63.8 Å². The molecule has 2 amide bonds. The number of fused-ring (bicyclic) bond motifs is 1. The van der Waals surface area contributed by atoms with E-state index in [9.17, 15) is 28.7 Å². The minimum atomic E-state index is -4.42. The van der Waals surface area contributed by atoms with Crippen LogP contribution in [0.25, 0.3) is 11.0 Å². The topological polar surface area (TPSA) is 172 Å². The Balaban J connectivity index is 1.75. The third kappa shape index (κ3) is 8.04. The first-order chi connectivity index (χ1) is 17.1. The molecule has 0 radical (unpaired) electrons. The lowest BCUT2D eigenvalue weighted by molar-refractivity contribution is -0.127. The SMILES string of the molecule is CSCC[C@H](NC(=O)[C@@H](N)Cc1ccccc1)C(=O)Nc1ccc2c(CP(=O)(O)O)cc(=O)oc2c1. The van der Waals surface area contributed by atoms with Crippen molar-refractivity contribution >= 4 is 47.8 Å². The van der Waals surface area contributed by atoms with E-state index in [1.54, 1.807) is 0 Å². The van der Waals surface area contributed by atoms with Gasteiger partial charge < -0.3 is 30.6 Å². The molecule has 6 N–H and O–H groups in total. The van der Waals surface area contributed by atoms with Crippen LogP contribution in [0.2, 0.25) is 0 Å². The maximum atomic E-state index is 13.0. The fourth-order valence-electron chi connectivity index (χ4n) is 3.63. The highest BCUT2D eigenvalue weighted by molar-refractivity contribution is 7.98. The summed E-state index contributed by atoms with van der Waals surface area (Å²) >= 11 is 1.53. The molecule has 0 aliphatic heterocycles. The molecule has 0 aliphatic carbocycles. The van der Waals surface area contributed by atoms with Gasteiger partial charge in [-0.15, -0.1) is 0 Å². The summed E-state index contributed by atoms with van der Waals surface area (Å²) in [4.78, 5) is 56.2. The molecule has 36 heavy (non-hydrogen) atoms. The maximum absolute atomic E-state index is 13.0. The molecule has 2 aromatic carbocycles. The third-order valence-electron chi connectivity index (χ3n) is 5.35. The number of nitrogens with one attached hydrogen (secondary N) is 2. The molecule has 0 fully saturated rings. The van der Waals surface area contributed by atoms with E-state index in [2.05, 4.69) is 10.6 Å². The lowest BCUT2D eigenvalue weighted by Crippen LogP contribution is -2.50. The quantitative estimate of drug-likeness (QED) is 0.183. The summed E-state index contributed by atoms with van der Waals surface area (Å²) in [5.74, 6) is -0.311. The molecule has 0 bridgehead atoms. The molecule has 0 saturated carbocycles. The summed E-state index contributed by atoms with van der Waals surface area (Å²) in [6.07, 6.45) is 1.96. The predicted molar refractivity (Wildman–Crippen MR) is 140 cm³/mol. The van der Waals surface area contributed by atoms with Gasteiger partial charge in [0, 0.05) is 23.2 Å². The zero-order valence-electron chi connectivity index (χ0n) is 19.5. The summed E-state index contributed by atoms with van der Waals surface area (Å²) in [6.45, 7) is 0. The standard InChI is InChI=1S/C24H28N3O7PS/c1-36-10-9-20(27-23(29)19(25)11-15-5-3-2-4-6-15)24(30)26-17-7-8-18-16(14-35(31,32)33)12-22(28)34-21(18)13-17/h2-8,12-13,19-20H,9-11,14,25H2,1H3,(H,26,30)(H,27,29)(H2,31,32,33)/t19-,20-/m0/s1. The van der Waals surface area contributed by atoms with Crippen LogP contribution in [-0.2, 0) is 26.7 Å². The van der Waals surface area contributed by atoms with Crippen LogP contribution in [-0.4, -0.2) is 45.7 Å². The highest BCUT2D eigenvalue weighted by atomic mass is 32.2. The number of benzene rings is 2. The van der Waals surface area contributed by atoms with Gasteiger partial charge in [-0.05, 0) is 48.1 Å². The summed E-state index contributed by atoms with van der Waals surface area (Å²) < 4.78 is 16.6.